The molecule has 0 amide bonds. The third-order valence-corrected chi connectivity index (χ3v) is 5.19. The van der Waals surface area contributed by atoms with Crippen LogP contribution in [0.3, 0.4) is 0 Å². The Labute approximate surface area is 153 Å². The van der Waals surface area contributed by atoms with Gasteiger partial charge in [-0.25, -0.2) is 0 Å². The average molecular weight is 339 g/mol. The van der Waals surface area contributed by atoms with E-state index in [-0.39, 0.29) is 0 Å². The molecule has 25 heavy (non-hydrogen) atoms. The van der Waals surface area contributed by atoms with Crippen LogP contribution in [0.15, 0.2) is 24.3 Å². The summed E-state index contributed by atoms with van der Waals surface area (Å²) >= 11 is 0. The van der Waals surface area contributed by atoms with Crippen LogP contribution in [0.2, 0.25) is 0 Å². The van der Waals surface area contributed by atoms with Gasteiger partial charge in [-0.15, -0.1) is 0 Å². The summed E-state index contributed by atoms with van der Waals surface area (Å²) in [7, 11) is 0. The maximum Gasteiger partial charge on any atom is 0.0385 e. The summed E-state index contributed by atoms with van der Waals surface area (Å²) in [5.41, 5.74) is 22.5. The van der Waals surface area contributed by atoms with E-state index >= 15 is 0 Å². The second-order valence-corrected chi connectivity index (χ2v) is 7.70. The first kappa shape index (κ1) is 19.4. The lowest BCUT2D eigenvalue weighted by atomic mass is 9.88. The highest BCUT2D eigenvalue weighted by Gasteiger charge is 2.15. The molecule has 4 N–H and O–H groups in total. The number of hydrogen-bond donors (Lipinski definition) is 2. The van der Waals surface area contributed by atoms with Crippen molar-refractivity contribution >= 4 is 11.4 Å². The quantitative estimate of drug-likeness (QED) is 0.653. The maximum absolute atomic E-state index is 6.55. The number of hydrogen-bond acceptors (Lipinski definition) is 2. The van der Waals surface area contributed by atoms with E-state index in [0.717, 1.165) is 30.6 Å². The minimum absolute atomic E-state index is 0.419. The lowest BCUT2D eigenvalue weighted by Crippen LogP contribution is -2.07. The van der Waals surface area contributed by atoms with Gasteiger partial charge in [0.25, 0.3) is 0 Å². The molecule has 0 unspecified atom stereocenters. The van der Waals surface area contributed by atoms with Crippen LogP contribution in [-0.4, -0.2) is 0 Å². The zero-order chi connectivity index (χ0) is 18.7. The Morgan fingerprint density at radius 2 is 1.32 bits per heavy atom. The first-order valence-electron chi connectivity index (χ1n) is 9.60. The predicted molar refractivity (Wildman–Crippen MR) is 111 cm³/mol. The summed E-state index contributed by atoms with van der Waals surface area (Å²) in [6.07, 6.45) is 2.79. The predicted octanol–water partition coefficient (Wildman–Crippen LogP) is 5.81. The van der Waals surface area contributed by atoms with Crippen molar-refractivity contribution in [3.05, 3.63) is 57.6 Å². The molecule has 2 rings (SSSR count). The van der Waals surface area contributed by atoms with Crippen LogP contribution in [0.5, 0.6) is 0 Å². The largest absolute Gasteiger partial charge is 0.398 e. The Kier molecular flexibility index (Phi) is 6.16. The molecule has 2 aromatic carbocycles. The van der Waals surface area contributed by atoms with Gasteiger partial charge in [-0.2, -0.15) is 0 Å². The van der Waals surface area contributed by atoms with Gasteiger partial charge in [-0.1, -0.05) is 65.8 Å². The highest BCUT2D eigenvalue weighted by Crippen LogP contribution is 2.33. The minimum atomic E-state index is 0.419. The van der Waals surface area contributed by atoms with E-state index < -0.39 is 0 Å². The van der Waals surface area contributed by atoms with Gasteiger partial charge in [-0.05, 0) is 58.1 Å². The van der Waals surface area contributed by atoms with Gasteiger partial charge in [0.2, 0.25) is 0 Å². The molecular weight excluding hydrogens is 304 g/mol. The zero-order valence-electron chi connectivity index (χ0n) is 16.7. The van der Waals surface area contributed by atoms with Gasteiger partial charge < -0.3 is 11.5 Å². The highest BCUT2D eigenvalue weighted by molar-refractivity contribution is 5.62. The summed E-state index contributed by atoms with van der Waals surface area (Å²) in [5.74, 6) is 0.908. The number of nitrogens with two attached hydrogens (primary N) is 2. The van der Waals surface area contributed by atoms with Crippen LogP contribution < -0.4 is 11.5 Å². The molecule has 0 radical (unpaired) electrons. The molecule has 0 atom stereocenters. The molecule has 0 aliphatic rings. The number of nitrogen functional groups attached to an aromatic ring is 2. The molecule has 136 valence electrons. The van der Waals surface area contributed by atoms with E-state index in [1.807, 2.05) is 0 Å². The Morgan fingerprint density at radius 1 is 0.720 bits per heavy atom. The summed E-state index contributed by atoms with van der Waals surface area (Å²) in [5, 5.41) is 0. The van der Waals surface area contributed by atoms with Crippen molar-refractivity contribution in [2.24, 2.45) is 0 Å². The molecule has 0 aliphatic heterocycles. The van der Waals surface area contributed by atoms with Crippen LogP contribution >= 0.6 is 0 Å². The maximum atomic E-state index is 6.55. The minimum Gasteiger partial charge on any atom is -0.398 e. The van der Waals surface area contributed by atoms with Gasteiger partial charge in [0, 0.05) is 17.8 Å². The molecule has 0 bridgehead atoms. The van der Waals surface area contributed by atoms with E-state index in [4.69, 9.17) is 11.5 Å². The smallest absolute Gasteiger partial charge is 0.0385 e. The Bertz CT molecular complexity index is 742. The van der Waals surface area contributed by atoms with Crippen molar-refractivity contribution in [2.45, 2.75) is 72.6 Å². The van der Waals surface area contributed by atoms with Gasteiger partial charge in [-0.3, -0.25) is 0 Å². The van der Waals surface area contributed by atoms with Crippen molar-refractivity contribution in [3.8, 4) is 0 Å². The van der Waals surface area contributed by atoms with Crippen molar-refractivity contribution < 1.29 is 0 Å². The van der Waals surface area contributed by atoms with E-state index in [9.17, 15) is 0 Å². The fourth-order valence-electron chi connectivity index (χ4n) is 3.42. The van der Waals surface area contributed by atoms with Gasteiger partial charge in [0.05, 0.1) is 0 Å². The molecule has 0 aliphatic carbocycles. The van der Waals surface area contributed by atoms with Crippen LogP contribution in [0.4, 0.5) is 11.4 Å². The summed E-state index contributed by atoms with van der Waals surface area (Å²) in [6, 6.07) is 9.05. The first-order chi connectivity index (χ1) is 11.8. The number of benzene rings is 2. The molecule has 0 spiro atoms. The molecule has 0 heterocycles. The third-order valence-electron chi connectivity index (χ3n) is 5.19. The third kappa shape index (κ3) is 4.18. The second kappa shape index (κ2) is 7.95. The van der Waals surface area contributed by atoms with E-state index in [2.05, 4.69) is 65.8 Å². The standard InChI is InChI=1S/C23H34N2/c1-7-16-9-17(8-2)22(24)19(10-16)12-20-11-18(14(3)4)13-21(15(5)6)23(20)25/h9-11,13-15H,7-8,12,24-25H2,1-6H3. The highest BCUT2D eigenvalue weighted by atomic mass is 14.6. The number of rotatable bonds is 6. The molecule has 2 nitrogen and oxygen atoms in total. The Balaban J connectivity index is 2.57. The fraction of sp³-hybridized carbons (Fsp3) is 0.478. The van der Waals surface area contributed by atoms with Crippen LogP contribution in [-0.2, 0) is 19.3 Å². The lowest BCUT2D eigenvalue weighted by molar-refractivity contribution is 0.831. The van der Waals surface area contributed by atoms with Gasteiger partial charge in [0.15, 0.2) is 0 Å². The molecule has 0 saturated carbocycles. The van der Waals surface area contributed by atoms with E-state index in [1.165, 1.54) is 33.4 Å². The van der Waals surface area contributed by atoms with Crippen molar-refractivity contribution in [1.82, 2.24) is 0 Å². The summed E-state index contributed by atoms with van der Waals surface area (Å²) in [6.45, 7) is 13.3. The van der Waals surface area contributed by atoms with Gasteiger partial charge in [0.1, 0.15) is 0 Å². The molecule has 2 heteroatoms. The Morgan fingerprint density at radius 3 is 1.84 bits per heavy atom. The van der Waals surface area contributed by atoms with Crippen LogP contribution in [0.1, 0.15) is 86.8 Å². The zero-order valence-corrected chi connectivity index (χ0v) is 16.7. The van der Waals surface area contributed by atoms with Crippen molar-refractivity contribution in [3.63, 3.8) is 0 Å². The molecule has 2 aromatic rings. The molecule has 0 aromatic heterocycles. The number of aryl methyl sites for hydroxylation is 2. The molecular formula is C23H34N2. The monoisotopic (exact) mass is 338 g/mol. The average Bonchev–Trinajstić information content (AvgIpc) is 2.57. The van der Waals surface area contributed by atoms with E-state index in [0.29, 0.717) is 11.8 Å². The van der Waals surface area contributed by atoms with Crippen LogP contribution in [0, 0.1) is 0 Å². The second-order valence-electron chi connectivity index (χ2n) is 7.70. The molecule has 0 saturated heterocycles. The Hall–Kier alpha value is -1.96. The molecule has 0 fully saturated rings. The van der Waals surface area contributed by atoms with Crippen molar-refractivity contribution in [2.75, 3.05) is 11.5 Å². The topological polar surface area (TPSA) is 52.0 Å². The van der Waals surface area contributed by atoms with Gasteiger partial charge >= 0.3 is 0 Å². The normalized spacial score (nSPS) is 11.5. The fourth-order valence-corrected chi connectivity index (χ4v) is 3.42. The van der Waals surface area contributed by atoms with Crippen LogP contribution in [0.25, 0.3) is 0 Å². The van der Waals surface area contributed by atoms with Crippen molar-refractivity contribution in [1.29, 1.82) is 0 Å². The first-order valence-corrected chi connectivity index (χ1v) is 9.60. The summed E-state index contributed by atoms with van der Waals surface area (Å²) in [4.78, 5) is 0. The SMILES string of the molecule is CCc1cc(CC)c(N)c(Cc2cc(C(C)C)cc(C(C)C)c2N)c1. The van der Waals surface area contributed by atoms with E-state index in [1.54, 1.807) is 0 Å². The number of anilines is 2. The summed E-state index contributed by atoms with van der Waals surface area (Å²) < 4.78 is 0. The lowest BCUT2D eigenvalue weighted by Gasteiger charge is -2.20.